The lowest BCUT2D eigenvalue weighted by Crippen LogP contribution is -2.56. The average Bonchev–Trinajstić information content (AvgIpc) is 3.17. The number of H-pyrrole nitrogens is 1. The molecule has 2 aliphatic rings. The van der Waals surface area contributed by atoms with Gasteiger partial charge in [-0.05, 0) is 75.0 Å². The summed E-state index contributed by atoms with van der Waals surface area (Å²) in [4.78, 5) is 23.1. The smallest absolute Gasteiger partial charge is 0.239 e. The summed E-state index contributed by atoms with van der Waals surface area (Å²) in [5.41, 5.74) is 9.82. The summed E-state index contributed by atoms with van der Waals surface area (Å²) in [6, 6.07) is 6.57. The number of nitrogens with one attached hydrogen (secondary N) is 1. The number of fused-ring (bicyclic) bond motifs is 1. The molecule has 4 rings (SSSR count). The number of piperazine rings is 1. The van der Waals surface area contributed by atoms with E-state index < -0.39 is 6.04 Å². The van der Waals surface area contributed by atoms with Crippen LogP contribution < -0.4 is 5.73 Å². The number of aryl methyl sites for hydroxylation is 1. The van der Waals surface area contributed by atoms with Gasteiger partial charge in [0, 0.05) is 43.9 Å². The van der Waals surface area contributed by atoms with Crippen LogP contribution in [0.2, 0.25) is 0 Å². The lowest BCUT2D eigenvalue weighted by atomic mass is 10.0. The summed E-state index contributed by atoms with van der Waals surface area (Å²) in [6.45, 7) is 8.00. The van der Waals surface area contributed by atoms with Gasteiger partial charge in [0.25, 0.3) is 0 Å². The topological polar surface area (TPSA) is 68.6 Å². The fourth-order valence-electron chi connectivity index (χ4n) is 4.80. The maximum Gasteiger partial charge on any atom is 0.239 e. The van der Waals surface area contributed by atoms with Crippen LogP contribution in [0.5, 0.6) is 0 Å². The van der Waals surface area contributed by atoms with Gasteiger partial charge in [0.05, 0.1) is 6.04 Å². The molecule has 0 radical (unpaired) electrons. The van der Waals surface area contributed by atoms with E-state index in [1.54, 1.807) is 0 Å². The number of nitrogens with two attached hydrogens (primary N) is 1. The molecule has 2 fully saturated rings. The minimum absolute atomic E-state index is 0.0925. The molecule has 1 unspecified atom stereocenters. The second-order valence-corrected chi connectivity index (χ2v) is 8.56. The van der Waals surface area contributed by atoms with Crippen molar-refractivity contribution in [1.82, 2.24) is 19.7 Å². The van der Waals surface area contributed by atoms with Crippen molar-refractivity contribution >= 4 is 16.8 Å². The Balaban J connectivity index is 1.31. The van der Waals surface area contributed by atoms with Crippen LogP contribution in [0.1, 0.15) is 24.0 Å². The Bertz CT molecular complexity index is 815. The molecule has 0 saturated carbocycles. The molecule has 1 amide bonds. The molecule has 2 saturated heterocycles. The molecule has 2 aromatic rings. The fourth-order valence-corrected chi connectivity index (χ4v) is 4.80. The van der Waals surface area contributed by atoms with Crippen molar-refractivity contribution in [3.63, 3.8) is 0 Å². The molecule has 3 heterocycles. The van der Waals surface area contributed by atoms with E-state index in [0.29, 0.717) is 12.5 Å². The average molecular weight is 384 g/mol. The largest absolute Gasteiger partial charge is 0.361 e. The maximum atomic E-state index is 12.9. The molecule has 1 aromatic carbocycles. The van der Waals surface area contributed by atoms with E-state index in [1.807, 2.05) is 11.1 Å². The van der Waals surface area contributed by atoms with Gasteiger partial charge in [0.2, 0.25) is 5.91 Å². The number of piperidine rings is 1. The highest BCUT2D eigenvalue weighted by molar-refractivity contribution is 5.84. The SMILES string of the molecule is Cc1cc(CC(N)C(=O)N2CCN(C3CCN(C)CC3)CC2)cc2cc[nH]c12. The zero-order valence-corrected chi connectivity index (χ0v) is 17.2. The number of carbonyl (C=O) groups is 1. The molecule has 2 aliphatic heterocycles. The van der Waals surface area contributed by atoms with Crippen molar-refractivity contribution in [3.8, 4) is 0 Å². The molecule has 0 aliphatic carbocycles. The second kappa shape index (κ2) is 8.23. The van der Waals surface area contributed by atoms with E-state index >= 15 is 0 Å². The molecule has 28 heavy (non-hydrogen) atoms. The Morgan fingerprint density at radius 2 is 1.89 bits per heavy atom. The van der Waals surface area contributed by atoms with Crippen LogP contribution in [0.3, 0.4) is 0 Å². The standard InChI is InChI=1S/C22H33N5O/c1-16-13-17(14-18-3-6-24-21(16)18)15-20(23)22(28)27-11-9-26(10-12-27)19-4-7-25(2)8-5-19/h3,6,13-14,19-20,24H,4-5,7-12,15,23H2,1-2H3. The van der Waals surface area contributed by atoms with Gasteiger partial charge in [0.15, 0.2) is 0 Å². The summed E-state index contributed by atoms with van der Waals surface area (Å²) >= 11 is 0. The first-order valence-electron chi connectivity index (χ1n) is 10.5. The number of carbonyl (C=O) groups excluding carboxylic acids is 1. The van der Waals surface area contributed by atoms with E-state index in [2.05, 4.69) is 47.0 Å². The maximum absolute atomic E-state index is 12.9. The summed E-state index contributed by atoms with van der Waals surface area (Å²) in [6.07, 6.45) is 5.03. The number of amides is 1. The van der Waals surface area contributed by atoms with E-state index in [9.17, 15) is 4.79 Å². The number of aromatic nitrogens is 1. The number of nitrogens with zero attached hydrogens (tertiary/aromatic N) is 3. The first-order chi connectivity index (χ1) is 13.5. The highest BCUT2D eigenvalue weighted by atomic mass is 16.2. The number of benzene rings is 1. The Kier molecular flexibility index (Phi) is 5.71. The van der Waals surface area contributed by atoms with Gasteiger partial charge in [-0.25, -0.2) is 0 Å². The predicted molar refractivity (Wildman–Crippen MR) is 113 cm³/mol. The van der Waals surface area contributed by atoms with Gasteiger partial charge < -0.3 is 20.5 Å². The van der Waals surface area contributed by atoms with Gasteiger partial charge in [-0.15, -0.1) is 0 Å². The van der Waals surface area contributed by atoms with Gasteiger partial charge in [-0.1, -0.05) is 6.07 Å². The zero-order valence-electron chi connectivity index (χ0n) is 17.2. The van der Waals surface area contributed by atoms with Crippen molar-refractivity contribution in [2.75, 3.05) is 46.3 Å². The summed E-state index contributed by atoms with van der Waals surface area (Å²) < 4.78 is 0. The van der Waals surface area contributed by atoms with Gasteiger partial charge in [-0.3, -0.25) is 9.69 Å². The number of rotatable bonds is 4. The molecule has 6 nitrogen and oxygen atoms in total. The van der Waals surface area contributed by atoms with Crippen molar-refractivity contribution in [1.29, 1.82) is 0 Å². The van der Waals surface area contributed by atoms with E-state index in [1.165, 1.54) is 36.9 Å². The van der Waals surface area contributed by atoms with Crippen LogP contribution in [-0.4, -0.2) is 84.0 Å². The van der Waals surface area contributed by atoms with Gasteiger partial charge in [0.1, 0.15) is 0 Å². The van der Waals surface area contributed by atoms with E-state index in [0.717, 1.165) is 37.3 Å². The molecule has 1 aromatic heterocycles. The Morgan fingerprint density at radius 1 is 1.18 bits per heavy atom. The first-order valence-corrected chi connectivity index (χ1v) is 10.5. The highest BCUT2D eigenvalue weighted by Crippen LogP contribution is 2.21. The molecule has 0 spiro atoms. The molecule has 1 atom stereocenters. The Labute approximate surface area is 167 Å². The second-order valence-electron chi connectivity index (χ2n) is 8.56. The molecular formula is C22H33N5O. The van der Waals surface area contributed by atoms with Crippen LogP contribution in [0.15, 0.2) is 24.4 Å². The fraction of sp³-hybridized carbons (Fsp3) is 0.591. The molecule has 152 valence electrons. The minimum atomic E-state index is -0.467. The summed E-state index contributed by atoms with van der Waals surface area (Å²) in [5.74, 6) is 0.0925. The van der Waals surface area contributed by atoms with Crippen molar-refractivity contribution in [2.45, 2.75) is 38.3 Å². The van der Waals surface area contributed by atoms with Crippen molar-refractivity contribution < 1.29 is 4.79 Å². The zero-order chi connectivity index (χ0) is 19.7. The molecule has 6 heteroatoms. The van der Waals surface area contributed by atoms with E-state index in [4.69, 9.17) is 5.73 Å². The van der Waals surface area contributed by atoms with Crippen LogP contribution in [0.4, 0.5) is 0 Å². The van der Waals surface area contributed by atoms with Gasteiger partial charge in [-0.2, -0.15) is 0 Å². The van der Waals surface area contributed by atoms with E-state index in [-0.39, 0.29) is 5.91 Å². The summed E-state index contributed by atoms with van der Waals surface area (Å²) in [7, 11) is 2.20. The lowest BCUT2D eigenvalue weighted by Gasteiger charge is -2.42. The normalized spacial score (nSPS) is 21.3. The Hall–Kier alpha value is -1.89. The summed E-state index contributed by atoms with van der Waals surface area (Å²) in [5, 5.41) is 1.18. The third-order valence-corrected chi connectivity index (χ3v) is 6.52. The predicted octanol–water partition coefficient (Wildman–Crippen LogP) is 1.58. The third kappa shape index (κ3) is 4.09. The van der Waals surface area contributed by atoms with Crippen LogP contribution in [0.25, 0.3) is 10.9 Å². The van der Waals surface area contributed by atoms with Crippen LogP contribution in [0, 0.1) is 6.92 Å². The lowest BCUT2D eigenvalue weighted by molar-refractivity contribution is -0.134. The molecule has 0 bridgehead atoms. The minimum Gasteiger partial charge on any atom is -0.361 e. The number of hydrogen-bond donors (Lipinski definition) is 2. The third-order valence-electron chi connectivity index (χ3n) is 6.52. The highest BCUT2D eigenvalue weighted by Gasteiger charge is 2.29. The monoisotopic (exact) mass is 383 g/mol. The quantitative estimate of drug-likeness (QED) is 0.841. The number of aromatic amines is 1. The van der Waals surface area contributed by atoms with Crippen molar-refractivity contribution in [3.05, 3.63) is 35.5 Å². The number of hydrogen-bond acceptors (Lipinski definition) is 4. The number of likely N-dealkylation sites (tertiary alicyclic amines) is 1. The Morgan fingerprint density at radius 3 is 2.61 bits per heavy atom. The van der Waals surface area contributed by atoms with Crippen LogP contribution in [-0.2, 0) is 11.2 Å². The van der Waals surface area contributed by atoms with Crippen molar-refractivity contribution in [2.24, 2.45) is 5.73 Å². The first kappa shape index (κ1) is 19.4. The molecule has 3 N–H and O–H groups in total. The van der Waals surface area contributed by atoms with Crippen LogP contribution >= 0.6 is 0 Å². The van der Waals surface area contributed by atoms with Gasteiger partial charge >= 0.3 is 0 Å². The molecular weight excluding hydrogens is 350 g/mol.